The maximum atomic E-state index is 10.6. The molecule has 0 atom stereocenters. The fourth-order valence-electron chi connectivity index (χ4n) is 1.44. The molecule has 0 aliphatic carbocycles. The van der Waals surface area contributed by atoms with E-state index < -0.39 is 0 Å². The summed E-state index contributed by atoms with van der Waals surface area (Å²) < 4.78 is 10.2. The van der Waals surface area contributed by atoms with Gasteiger partial charge in [-0.3, -0.25) is 4.79 Å². The zero-order valence-corrected chi connectivity index (χ0v) is 10.2. The Labute approximate surface area is 104 Å². The number of methoxy groups -OCH3 is 1. The number of hydrogen-bond donors (Lipinski definition) is 0. The van der Waals surface area contributed by atoms with Crippen molar-refractivity contribution in [1.29, 1.82) is 0 Å². The van der Waals surface area contributed by atoms with Crippen LogP contribution in [0.4, 0.5) is 0 Å². The normalized spacial score (nSPS) is 10.2. The summed E-state index contributed by atoms with van der Waals surface area (Å²) in [5.74, 6) is 0.755. The number of rotatable bonds is 5. The predicted molar refractivity (Wildman–Crippen MR) is 67.6 cm³/mol. The van der Waals surface area contributed by atoms with Crippen LogP contribution in [0.15, 0.2) is 36.4 Å². The second kappa shape index (κ2) is 5.61. The second-order valence-electron chi connectivity index (χ2n) is 3.40. The van der Waals surface area contributed by atoms with Crippen LogP contribution in [0.2, 0.25) is 0 Å². The Hall–Kier alpha value is -1.65. The molecular weight excluding hydrogens is 236 g/mol. The number of hydrogen-bond acceptors (Lipinski definition) is 4. The monoisotopic (exact) mass is 248 g/mol. The number of ether oxygens (including phenoxy) is 2. The molecule has 0 unspecified atom stereocenters. The Morgan fingerprint density at radius 1 is 1.29 bits per heavy atom. The van der Waals surface area contributed by atoms with E-state index in [1.54, 1.807) is 7.11 Å². The highest BCUT2D eigenvalue weighted by atomic mass is 32.1. The zero-order chi connectivity index (χ0) is 12.1. The van der Waals surface area contributed by atoms with Crippen LogP contribution >= 0.6 is 11.3 Å². The minimum atomic E-state index is 0.230. The van der Waals surface area contributed by atoms with Crippen molar-refractivity contribution in [1.82, 2.24) is 0 Å². The van der Waals surface area contributed by atoms with Crippen LogP contribution in [0, 0.1) is 0 Å². The van der Waals surface area contributed by atoms with Gasteiger partial charge in [0.05, 0.1) is 4.88 Å². The van der Waals surface area contributed by atoms with Crippen molar-refractivity contribution in [2.45, 2.75) is 0 Å². The van der Waals surface area contributed by atoms with E-state index in [2.05, 4.69) is 0 Å². The van der Waals surface area contributed by atoms with E-state index in [4.69, 9.17) is 9.47 Å². The third kappa shape index (κ3) is 2.93. The Morgan fingerprint density at radius 2 is 2.18 bits per heavy atom. The fourth-order valence-corrected chi connectivity index (χ4v) is 2.26. The third-order valence-electron chi connectivity index (χ3n) is 2.20. The van der Waals surface area contributed by atoms with Crippen molar-refractivity contribution >= 4 is 17.6 Å². The van der Waals surface area contributed by atoms with Crippen LogP contribution in [-0.4, -0.2) is 20.2 Å². The van der Waals surface area contributed by atoms with E-state index in [0.717, 1.165) is 27.4 Å². The van der Waals surface area contributed by atoms with Gasteiger partial charge in [-0.2, -0.15) is 0 Å². The fraction of sp³-hybridized carbons (Fsp3) is 0.154. The molecule has 0 fully saturated rings. The quantitative estimate of drug-likeness (QED) is 0.602. The Morgan fingerprint density at radius 3 is 2.88 bits per heavy atom. The van der Waals surface area contributed by atoms with E-state index in [0.29, 0.717) is 0 Å². The van der Waals surface area contributed by atoms with Gasteiger partial charge in [-0.15, -0.1) is 11.3 Å². The molecule has 0 amide bonds. The van der Waals surface area contributed by atoms with E-state index in [-0.39, 0.29) is 6.79 Å². The van der Waals surface area contributed by atoms with Crippen molar-refractivity contribution in [3.63, 3.8) is 0 Å². The number of aldehydes is 1. The molecule has 0 N–H and O–H groups in total. The van der Waals surface area contributed by atoms with E-state index >= 15 is 0 Å². The molecular formula is C13H12O3S. The molecule has 0 saturated heterocycles. The lowest BCUT2D eigenvalue weighted by Gasteiger charge is -2.05. The molecule has 3 nitrogen and oxygen atoms in total. The average molecular weight is 248 g/mol. The first kappa shape index (κ1) is 11.8. The summed E-state index contributed by atoms with van der Waals surface area (Å²) in [7, 11) is 1.58. The summed E-state index contributed by atoms with van der Waals surface area (Å²) in [5.41, 5.74) is 1.04. The number of carbonyl (C=O) groups excluding carboxylic acids is 1. The molecule has 0 aliphatic heterocycles. The van der Waals surface area contributed by atoms with Crippen LogP contribution in [0.1, 0.15) is 9.67 Å². The molecule has 2 aromatic rings. The van der Waals surface area contributed by atoms with Crippen LogP contribution in [0.5, 0.6) is 5.75 Å². The van der Waals surface area contributed by atoms with Crippen LogP contribution in [0.25, 0.3) is 10.4 Å². The summed E-state index contributed by atoms with van der Waals surface area (Å²) in [5, 5.41) is 0. The van der Waals surface area contributed by atoms with Gasteiger partial charge < -0.3 is 9.47 Å². The van der Waals surface area contributed by atoms with Crippen molar-refractivity contribution in [2.75, 3.05) is 13.9 Å². The molecule has 88 valence electrons. The van der Waals surface area contributed by atoms with Crippen LogP contribution in [-0.2, 0) is 4.74 Å². The lowest BCUT2D eigenvalue weighted by Crippen LogP contribution is -1.98. The van der Waals surface area contributed by atoms with Gasteiger partial charge in [0.15, 0.2) is 13.1 Å². The third-order valence-corrected chi connectivity index (χ3v) is 3.26. The second-order valence-corrected chi connectivity index (χ2v) is 4.51. The zero-order valence-electron chi connectivity index (χ0n) is 9.38. The molecule has 1 heterocycles. The minimum Gasteiger partial charge on any atom is -0.468 e. The SMILES string of the molecule is COCOc1cccc(-c2ccc(C=O)s2)c1. The maximum absolute atomic E-state index is 10.6. The minimum absolute atomic E-state index is 0.230. The average Bonchev–Trinajstić information content (AvgIpc) is 2.85. The number of thiophene rings is 1. The van der Waals surface area contributed by atoms with Crippen molar-refractivity contribution < 1.29 is 14.3 Å². The molecule has 0 saturated carbocycles. The Balaban J connectivity index is 2.22. The van der Waals surface area contributed by atoms with Gasteiger partial charge in [-0.05, 0) is 29.8 Å². The molecule has 1 aromatic heterocycles. The number of carbonyl (C=O) groups is 1. The van der Waals surface area contributed by atoms with Gasteiger partial charge in [0.25, 0.3) is 0 Å². The van der Waals surface area contributed by atoms with Gasteiger partial charge in [-0.25, -0.2) is 0 Å². The molecule has 0 aliphatic rings. The lowest BCUT2D eigenvalue weighted by molar-refractivity contribution is 0.0511. The van der Waals surface area contributed by atoms with Gasteiger partial charge in [0.2, 0.25) is 0 Å². The maximum Gasteiger partial charge on any atom is 0.188 e. The molecule has 0 spiro atoms. The smallest absolute Gasteiger partial charge is 0.188 e. The first-order valence-electron chi connectivity index (χ1n) is 5.10. The van der Waals surface area contributed by atoms with Crippen molar-refractivity contribution in [3.8, 4) is 16.2 Å². The van der Waals surface area contributed by atoms with Crippen LogP contribution in [0.3, 0.4) is 0 Å². The highest BCUT2D eigenvalue weighted by Crippen LogP contribution is 2.29. The summed E-state index contributed by atoms with van der Waals surface area (Å²) in [6.07, 6.45) is 0.861. The molecule has 17 heavy (non-hydrogen) atoms. The summed E-state index contributed by atoms with van der Waals surface area (Å²) in [6, 6.07) is 11.5. The van der Waals surface area contributed by atoms with Crippen LogP contribution < -0.4 is 4.74 Å². The summed E-state index contributed by atoms with van der Waals surface area (Å²) in [6.45, 7) is 0.230. The summed E-state index contributed by atoms with van der Waals surface area (Å²) in [4.78, 5) is 12.4. The molecule has 2 rings (SSSR count). The van der Waals surface area contributed by atoms with Crippen molar-refractivity contribution in [2.24, 2.45) is 0 Å². The first-order chi connectivity index (χ1) is 8.33. The lowest BCUT2D eigenvalue weighted by atomic mass is 10.2. The van der Waals surface area contributed by atoms with E-state index in [9.17, 15) is 4.79 Å². The van der Waals surface area contributed by atoms with E-state index in [1.807, 2.05) is 36.4 Å². The highest BCUT2D eigenvalue weighted by Gasteiger charge is 2.03. The highest BCUT2D eigenvalue weighted by molar-refractivity contribution is 7.17. The molecule has 1 aromatic carbocycles. The predicted octanol–water partition coefficient (Wildman–Crippen LogP) is 3.21. The summed E-state index contributed by atoms with van der Waals surface area (Å²) >= 11 is 1.46. The van der Waals surface area contributed by atoms with Gasteiger partial charge in [0, 0.05) is 12.0 Å². The topological polar surface area (TPSA) is 35.5 Å². The molecule has 0 radical (unpaired) electrons. The van der Waals surface area contributed by atoms with Gasteiger partial charge in [-0.1, -0.05) is 12.1 Å². The largest absolute Gasteiger partial charge is 0.468 e. The van der Waals surface area contributed by atoms with Gasteiger partial charge in [0.1, 0.15) is 5.75 Å². The Kier molecular flexibility index (Phi) is 3.90. The van der Waals surface area contributed by atoms with Gasteiger partial charge >= 0.3 is 0 Å². The van der Waals surface area contributed by atoms with E-state index in [1.165, 1.54) is 11.3 Å². The molecule has 0 bridgehead atoms. The number of benzene rings is 1. The Bertz CT molecular complexity index is 505. The van der Waals surface area contributed by atoms with Crippen molar-refractivity contribution in [3.05, 3.63) is 41.3 Å². The molecule has 4 heteroatoms. The first-order valence-corrected chi connectivity index (χ1v) is 5.92. The standard InChI is InChI=1S/C13H12O3S/c1-15-9-16-11-4-2-3-10(7-11)13-6-5-12(8-14)17-13/h2-8H,9H2,1H3.